The molecule has 1 aromatic carbocycles. The first-order chi connectivity index (χ1) is 5.79. The lowest BCUT2D eigenvalue weighted by molar-refractivity contribution is 0.236. The normalized spacial score (nSPS) is 21.0. The Balaban J connectivity index is 2.30. The van der Waals surface area contributed by atoms with Gasteiger partial charge in [0.1, 0.15) is 0 Å². The number of thioether (sulfide) groups is 2. The van der Waals surface area contributed by atoms with Gasteiger partial charge in [0.15, 0.2) is 4.77 Å². The van der Waals surface area contributed by atoms with E-state index in [2.05, 4.69) is 25.1 Å². The molecule has 1 aliphatic heterocycles. The fourth-order valence-corrected chi connectivity index (χ4v) is 3.60. The maximum atomic E-state index is 5.26. The highest BCUT2D eigenvalue weighted by Gasteiger charge is 2.22. The lowest BCUT2D eigenvalue weighted by Gasteiger charge is -2.01. The van der Waals surface area contributed by atoms with Crippen LogP contribution in [0, 0.1) is 6.92 Å². The van der Waals surface area contributed by atoms with Crippen molar-refractivity contribution in [3.8, 4) is 0 Å². The van der Waals surface area contributed by atoms with Gasteiger partial charge in [0.05, 0.1) is 0 Å². The molecule has 1 atom stereocenters. The van der Waals surface area contributed by atoms with Crippen molar-refractivity contribution in [1.82, 2.24) is 0 Å². The van der Waals surface area contributed by atoms with E-state index in [9.17, 15) is 0 Å². The Morgan fingerprint density at radius 3 is 2.75 bits per heavy atom. The largest absolute Gasteiger partial charge is 0.360 e. The van der Waals surface area contributed by atoms with Gasteiger partial charge in [-0.05, 0) is 24.6 Å². The van der Waals surface area contributed by atoms with Crippen LogP contribution in [0.15, 0.2) is 28.0 Å². The molecular formula is C9H10OS2. The summed E-state index contributed by atoms with van der Waals surface area (Å²) in [6, 6.07) is 6.53. The molecule has 0 saturated heterocycles. The number of rotatable bonds is 1. The minimum Gasteiger partial charge on any atom is -0.360 e. The molecule has 0 fully saturated rings. The molecule has 1 aliphatic rings. The van der Waals surface area contributed by atoms with Crippen molar-refractivity contribution in [1.29, 1.82) is 0 Å². The number of hydrogen-bond acceptors (Lipinski definition) is 3. The first-order valence-corrected chi connectivity index (χ1v) is 5.52. The summed E-state index contributed by atoms with van der Waals surface area (Å²) in [4.78, 5) is 2.70. The van der Waals surface area contributed by atoms with Gasteiger partial charge in [0, 0.05) is 16.9 Å². The van der Waals surface area contributed by atoms with Crippen molar-refractivity contribution in [2.45, 2.75) is 21.5 Å². The molecule has 0 radical (unpaired) electrons. The molecule has 12 heavy (non-hydrogen) atoms. The van der Waals surface area contributed by atoms with Crippen LogP contribution in [0.4, 0.5) is 0 Å². The minimum absolute atomic E-state index is 0.252. The Labute approximate surface area is 80.9 Å². The van der Waals surface area contributed by atoms with Crippen molar-refractivity contribution in [2.75, 3.05) is 7.11 Å². The van der Waals surface area contributed by atoms with E-state index in [0.29, 0.717) is 0 Å². The Morgan fingerprint density at radius 1 is 1.25 bits per heavy atom. The average molecular weight is 198 g/mol. The summed E-state index contributed by atoms with van der Waals surface area (Å²) < 4.78 is 5.51. The molecule has 0 amide bonds. The molecule has 1 heterocycles. The zero-order valence-corrected chi connectivity index (χ0v) is 8.67. The summed E-state index contributed by atoms with van der Waals surface area (Å²) in [5.74, 6) is 0. The monoisotopic (exact) mass is 198 g/mol. The van der Waals surface area contributed by atoms with Gasteiger partial charge < -0.3 is 4.74 Å². The van der Waals surface area contributed by atoms with Gasteiger partial charge in [-0.2, -0.15) is 0 Å². The molecule has 3 heteroatoms. The summed E-state index contributed by atoms with van der Waals surface area (Å²) in [6.07, 6.45) is 0. The van der Waals surface area contributed by atoms with Gasteiger partial charge >= 0.3 is 0 Å². The lowest BCUT2D eigenvalue weighted by atomic mass is 10.2. The topological polar surface area (TPSA) is 9.23 Å². The number of fused-ring (bicyclic) bond motifs is 1. The van der Waals surface area contributed by atoms with Gasteiger partial charge in [-0.15, -0.1) is 0 Å². The molecule has 0 bridgehead atoms. The first-order valence-electron chi connectivity index (χ1n) is 3.76. The van der Waals surface area contributed by atoms with Crippen molar-refractivity contribution >= 4 is 23.5 Å². The second kappa shape index (κ2) is 3.32. The summed E-state index contributed by atoms with van der Waals surface area (Å²) in [5.41, 5.74) is 1.32. The molecule has 1 nitrogen and oxygen atoms in total. The van der Waals surface area contributed by atoms with E-state index >= 15 is 0 Å². The minimum atomic E-state index is 0.252. The van der Waals surface area contributed by atoms with Crippen LogP contribution in [0.1, 0.15) is 5.56 Å². The highest BCUT2D eigenvalue weighted by molar-refractivity contribution is 8.19. The van der Waals surface area contributed by atoms with Crippen molar-refractivity contribution in [3.05, 3.63) is 23.8 Å². The van der Waals surface area contributed by atoms with Crippen LogP contribution in [-0.4, -0.2) is 11.9 Å². The van der Waals surface area contributed by atoms with Crippen LogP contribution in [-0.2, 0) is 4.74 Å². The highest BCUT2D eigenvalue weighted by Crippen LogP contribution is 2.47. The van der Waals surface area contributed by atoms with Crippen LogP contribution in [0.25, 0.3) is 0 Å². The number of ether oxygens (including phenoxy) is 1. The molecule has 0 spiro atoms. The number of hydrogen-bond donors (Lipinski definition) is 0. The van der Waals surface area contributed by atoms with E-state index in [1.54, 1.807) is 30.6 Å². The predicted molar refractivity (Wildman–Crippen MR) is 53.7 cm³/mol. The summed E-state index contributed by atoms with van der Waals surface area (Å²) >= 11 is 3.58. The molecule has 2 rings (SSSR count). The third-order valence-electron chi connectivity index (χ3n) is 1.74. The molecule has 0 saturated carbocycles. The third-order valence-corrected chi connectivity index (χ3v) is 4.42. The zero-order valence-electron chi connectivity index (χ0n) is 7.03. The van der Waals surface area contributed by atoms with Crippen LogP contribution in [0.3, 0.4) is 0 Å². The van der Waals surface area contributed by atoms with Crippen molar-refractivity contribution < 1.29 is 4.74 Å². The van der Waals surface area contributed by atoms with E-state index in [4.69, 9.17) is 4.74 Å². The standard InChI is InChI=1S/C9H10OS2/c1-6-3-4-7-8(5-6)12-9(10-2)11-7/h3-5,9H,1-2H3. The smallest absolute Gasteiger partial charge is 0.158 e. The van der Waals surface area contributed by atoms with E-state index in [1.807, 2.05) is 0 Å². The summed E-state index contributed by atoms with van der Waals surface area (Å²) in [6.45, 7) is 2.12. The molecule has 0 aromatic heterocycles. The summed E-state index contributed by atoms with van der Waals surface area (Å²) in [5, 5.41) is 0. The van der Waals surface area contributed by atoms with E-state index < -0.39 is 0 Å². The quantitative estimate of drug-likeness (QED) is 0.686. The Hall–Kier alpha value is -0.120. The maximum absolute atomic E-state index is 5.26. The van der Waals surface area contributed by atoms with Crippen LogP contribution in [0.5, 0.6) is 0 Å². The van der Waals surface area contributed by atoms with Gasteiger partial charge in [0.25, 0.3) is 0 Å². The Kier molecular flexibility index (Phi) is 2.35. The van der Waals surface area contributed by atoms with Gasteiger partial charge in [0.2, 0.25) is 0 Å². The lowest BCUT2D eigenvalue weighted by Crippen LogP contribution is -1.92. The van der Waals surface area contributed by atoms with Gasteiger partial charge in [-0.3, -0.25) is 0 Å². The van der Waals surface area contributed by atoms with Crippen LogP contribution in [0.2, 0.25) is 0 Å². The maximum Gasteiger partial charge on any atom is 0.158 e. The van der Waals surface area contributed by atoms with Gasteiger partial charge in [-0.25, -0.2) is 0 Å². The zero-order chi connectivity index (χ0) is 8.55. The number of benzene rings is 1. The van der Waals surface area contributed by atoms with E-state index in [0.717, 1.165) is 0 Å². The second-order valence-corrected chi connectivity index (χ2v) is 5.22. The van der Waals surface area contributed by atoms with Crippen LogP contribution >= 0.6 is 23.5 Å². The molecule has 64 valence electrons. The van der Waals surface area contributed by atoms with Crippen molar-refractivity contribution in [3.63, 3.8) is 0 Å². The van der Waals surface area contributed by atoms with Crippen LogP contribution < -0.4 is 0 Å². The SMILES string of the molecule is COC1Sc2ccc(C)cc2S1. The third kappa shape index (κ3) is 1.49. The first kappa shape index (κ1) is 8.48. The molecule has 1 aromatic rings. The molecule has 0 N–H and O–H groups in total. The predicted octanol–water partition coefficient (Wildman–Crippen LogP) is 3.12. The number of methoxy groups -OCH3 is 1. The molecule has 1 unspecified atom stereocenters. The highest BCUT2D eigenvalue weighted by atomic mass is 32.2. The average Bonchev–Trinajstić information content (AvgIpc) is 2.46. The van der Waals surface area contributed by atoms with Gasteiger partial charge in [-0.1, -0.05) is 29.6 Å². The molecular weight excluding hydrogens is 188 g/mol. The second-order valence-electron chi connectivity index (χ2n) is 2.71. The summed E-state index contributed by atoms with van der Waals surface area (Å²) in [7, 11) is 1.75. The Bertz CT molecular complexity index is 299. The fraction of sp³-hybridized carbons (Fsp3) is 0.333. The van der Waals surface area contributed by atoms with E-state index in [1.165, 1.54) is 15.4 Å². The van der Waals surface area contributed by atoms with Crippen molar-refractivity contribution in [2.24, 2.45) is 0 Å². The fourth-order valence-electron chi connectivity index (χ4n) is 1.13. The Morgan fingerprint density at radius 2 is 2.00 bits per heavy atom. The number of aryl methyl sites for hydroxylation is 1. The molecule has 0 aliphatic carbocycles. The van der Waals surface area contributed by atoms with E-state index in [-0.39, 0.29) is 4.77 Å².